The monoisotopic (exact) mass is 256 g/mol. The van der Waals surface area contributed by atoms with Gasteiger partial charge in [0.1, 0.15) is 5.82 Å². The molecule has 1 saturated heterocycles. The zero-order chi connectivity index (χ0) is 11.7. The van der Waals surface area contributed by atoms with Crippen LogP contribution in [0.3, 0.4) is 0 Å². The third-order valence-electron chi connectivity index (χ3n) is 2.56. The van der Waals surface area contributed by atoms with E-state index < -0.39 is 0 Å². The summed E-state index contributed by atoms with van der Waals surface area (Å²) < 4.78 is 0. The SMILES string of the molecule is C=CC1CC(=O)N(c2cc(Cl)c(Cl)cn2)C1. The molecule has 84 valence electrons. The molecule has 1 aromatic heterocycles. The van der Waals surface area contributed by atoms with Crippen molar-refractivity contribution in [2.75, 3.05) is 11.4 Å². The Balaban J connectivity index is 2.27. The molecular formula is C11H10Cl2N2O. The van der Waals surface area contributed by atoms with Crippen LogP contribution in [0.4, 0.5) is 5.82 Å². The normalized spacial score (nSPS) is 20.2. The average Bonchev–Trinajstić information content (AvgIpc) is 2.64. The van der Waals surface area contributed by atoms with Gasteiger partial charge in [-0.3, -0.25) is 9.69 Å². The van der Waals surface area contributed by atoms with Gasteiger partial charge in [-0.05, 0) is 0 Å². The first-order chi connectivity index (χ1) is 7.61. The Morgan fingerprint density at radius 3 is 2.81 bits per heavy atom. The molecule has 0 bridgehead atoms. The Kier molecular flexibility index (Phi) is 3.17. The van der Waals surface area contributed by atoms with Gasteiger partial charge in [0.25, 0.3) is 0 Å². The van der Waals surface area contributed by atoms with Gasteiger partial charge >= 0.3 is 0 Å². The summed E-state index contributed by atoms with van der Waals surface area (Å²) in [4.78, 5) is 17.4. The first kappa shape index (κ1) is 11.4. The number of hydrogen-bond donors (Lipinski definition) is 0. The number of anilines is 1. The summed E-state index contributed by atoms with van der Waals surface area (Å²) in [6.45, 7) is 4.29. The third kappa shape index (κ3) is 2.06. The van der Waals surface area contributed by atoms with Crippen molar-refractivity contribution in [2.24, 2.45) is 5.92 Å². The highest BCUT2D eigenvalue weighted by molar-refractivity contribution is 6.42. The molecule has 1 atom stereocenters. The summed E-state index contributed by atoms with van der Waals surface area (Å²) in [5.74, 6) is 0.767. The molecule has 1 aromatic rings. The number of aromatic nitrogens is 1. The summed E-state index contributed by atoms with van der Waals surface area (Å²) in [6.07, 6.45) is 3.72. The molecule has 1 aliphatic rings. The second kappa shape index (κ2) is 4.44. The van der Waals surface area contributed by atoms with Crippen LogP contribution in [0, 0.1) is 5.92 Å². The largest absolute Gasteiger partial charge is 0.296 e. The van der Waals surface area contributed by atoms with Crippen LogP contribution in [0.15, 0.2) is 24.9 Å². The Labute approximate surface area is 104 Å². The van der Waals surface area contributed by atoms with Crippen LogP contribution >= 0.6 is 23.2 Å². The fourth-order valence-corrected chi connectivity index (χ4v) is 1.92. The van der Waals surface area contributed by atoms with Gasteiger partial charge in [0.15, 0.2) is 0 Å². The van der Waals surface area contributed by atoms with E-state index in [9.17, 15) is 4.79 Å². The molecule has 3 nitrogen and oxygen atoms in total. The maximum atomic E-state index is 11.7. The average molecular weight is 257 g/mol. The summed E-state index contributed by atoms with van der Waals surface area (Å²) in [7, 11) is 0. The van der Waals surface area contributed by atoms with Crippen LogP contribution in [0.5, 0.6) is 0 Å². The van der Waals surface area contributed by atoms with Gasteiger partial charge in [0.05, 0.1) is 10.0 Å². The van der Waals surface area contributed by atoms with Crippen LogP contribution in [-0.2, 0) is 4.79 Å². The van der Waals surface area contributed by atoms with Crippen LogP contribution < -0.4 is 4.90 Å². The van der Waals surface area contributed by atoms with E-state index in [4.69, 9.17) is 23.2 Å². The molecule has 0 N–H and O–H groups in total. The van der Waals surface area contributed by atoms with Gasteiger partial charge in [-0.1, -0.05) is 29.3 Å². The maximum Gasteiger partial charge on any atom is 0.228 e. The molecule has 2 heterocycles. The molecule has 0 aliphatic carbocycles. The Hall–Kier alpha value is -1.06. The van der Waals surface area contributed by atoms with Gasteiger partial charge in [-0.25, -0.2) is 4.98 Å². The zero-order valence-electron chi connectivity index (χ0n) is 8.49. The molecule has 0 saturated carbocycles. The molecule has 1 fully saturated rings. The molecule has 1 amide bonds. The highest BCUT2D eigenvalue weighted by atomic mass is 35.5. The first-order valence-corrected chi connectivity index (χ1v) is 5.61. The van der Waals surface area contributed by atoms with Crippen molar-refractivity contribution in [1.82, 2.24) is 4.98 Å². The molecule has 1 aliphatic heterocycles. The standard InChI is InChI=1S/C11H10Cl2N2O/c1-2-7-3-11(16)15(6-7)10-4-8(12)9(13)5-14-10/h2,4-5,7H,1,3,6H2. The lowest BCUT2D eigenvalue weighted by atomic mass is 10.1. The Morgan fingerprint density at radius 2 is 2.25 bits per heavy atom. The Bertz CT molecular complexity index is 448. The number of pyridine rings is 1. The van der Waals surface area contributed by atoms with Crippen molar-refractivity contribution in [1.29, 1.82) is 0 Å². The number of carbonyl (C=O) groups excluding carboxylic acids is 1. The second-order valence-electron chi connectivity index (χ2n) is 3.66. The smallest absolute Gasteiger partial charge is 0.228 e. The molecule has 2 rings (SSSR count). The fourth-order valence-electron chi connectivity index (χ4n) is 1.67. The van der Waals surface area contributed by atoms with Crippen LogP contribution in [0.25, 0.3) is 0 Å². The van der Waals surface area contributed by atoms with Gasteiger partial charge in [-0.15, -0.1) is 6.58 Å². The fraction of sp³-hybridized carbons (Fsp3) is 0.273. The predicted molar refractivity (Wildman–Crippen MR) is 64.9 cm³/mol. The minimum atomic E-state index is 0.0378. The van der Waals surface area contributed by atoms with Gasteiger partial charge in [-0.2, -0.15) is 0 Å². The van der Waals surface area contributed by atoms with Crippen molar-refractivity contribution in [3.8, 4) is 0 Å². The topological polar surface area (TPSA) is 33.2 Å². The maximum absolute atomic E-state index is 11.7. The van der Waals surface area contributed by atoms with Crippen molar-refractivity contribution in [3.05, 3.63) is 35.0 Å². The van der Waals surface area contributed by atoms with Crippen molar-refractivity contribution in [3.63, 3.8) is 0 Å². The quantitative estimate of drug-likeness (QED) is 0.763. The highest BCUT2D eigenvalue weighted by Crippen LogP contribution is 2.28. The van der Waals surface area contributed by atoms with Crippen LogP contribution in [0.2, 0.25) is 10.0 Å². The van der Waals surface area contributed by atoms with Gasteiger partial charge < -0.3 is 0 Å². The van der Waals surface area contributed by atoms with E-state index in [1.54, 1.807) is 17.0 Å². The lowest BCUT2D eigenvalue weighted by molar-refractivity contribution is -0.117. The number of carbonyl (C=O) groups is 1. The van der Waals surface area contributed by atoms with E-state index in [1.807, 2.05) is 0 Å². The van der Waals surface area contributed by atoms with Crippen LogP contribution in [0.1, 0.15) is 6.42 Å². The number of nitrogens with zero attached hydrogens (tertiary/aromatic N) is 2. The number of amides is 1. The van der Waals surface area contributed by atoms with Gasteiger partial charge in [0, 0.05) is 31.1 Å². The minimum Gasteiger partial charge on any atom is -0.296 e. The van der Waals surface area contributed by atoms with E-state index in [1.165, 1.54) is 6.20 Å². The molecule has 0 aromatic carbocycles. The van der Waals surface area contributed by atoms with Gasteiger partial charge in [0.2, 0.25) is 5.91 Å². The minimum absolute atomic E-state index is 0.0378. The van der Waals surface area contributed by atoms with E-state index in [-0.39, 0.29) is 11.8 Å². The van der Waals surface area contributed by atoms with Crippen molar-refractivity contribution in [2.45, 2.75) is 6.42 Å². The van der Waals surface area contributed by atoms with Crippen LogP contribution in [-0.4, -0.2) is 17.4 Å². The molecule has 1 unspecified atom stereocenters. The molecule has 0 radical (unpaired) electrons. The molecular weight excluding hydrogens is 247 g/mol. The first-order valence-electron chi connectivity index (χ1n) is 4.85. The van der Waals surface area contributed by atoms with Crippen molar-refractivity contribution < 1.29 is 4.79 Å². The number of halogens is 2. The summed E-state index contributed by atoms with van der Waals surface area (Å²) in [6, 6.07) is 1.60. The highest BCUT2D eigenvalue weighted by Gasteiger charge is 2.29. The lowest BCUT2D eigenvalue weighted by Gasteiger charge is -2.15. The molecule has 5 heteroatoms. The third-order valence-corrected chi connectivity index (χ3v) is 3.27. The summed E-state index contributed by atoms with van der Waals surface area (Å²) in [5, 5.41) is 0.791. The van der Waals surface area contributed by atoms with E-state index in [0.717, 1.165) is 0 Å². The van der Waals surface area contributed by atoms with E-state index >= 15 is 0 Å². The lowest BCUT2D eigenvalue weighted by Crippen LogP contribution is -2.25. The Morgan fingerprint density at radius 1 is 1.50 bits per heavy atom. The van der Waals surface area contributed by atoms with E-state index in [2.05, 4.69) is 11.6 Å². The summed E-state index contributed by atoms with van der Waals surface area (Å²) in [5.41, 5.74) is 0. The summed E-state index contributed by atoms with van der Waals surface area (Å²) >= 11 is 11.6. The zero-order valence-corrected chi connectivity index (χ0v) is 10.0. The molecule has 0 spiro atoms. The number of rotatable bonds is 2. The van der Waals surface area contributed by atoms with E-state index in [0.29, 0.717) is 28.8 Å². The number of hydrogen-bond acceptors (Lipinski definition) is 2. The second-order valence-corrected chi connectivity index (χ2v) is 4.48. The van der Waals surface area contributed by atoms with Crippen molar-refractivity contribution >= 4 is 34.9 Å². The molecule has 16 heavy (non-hydrogen) atoms. The predicted octanol–water partition coefficient (Wildman–Crippen LogP) is 2.93.